The second-order valence-electron chi connectivity index (χ2n) is 6.76. The topological polar surface area (TPSA) is 65.1 Å². The maximum Gasteiger partial charge on any atom is 0.265 e. The maximum atomic E-state index is 12.6. The van der Waals surface area contributed by atoms with Crippen molar-refractivity contribution in [2.24, 2.45) is 0 Å². The molecule has 1 amide bonds. The van der Waals surface area contributed by atoms with Gasteiger partial charge in [-0.15, -0.1) is 0 Å². The van der Waals surface area contributed by atoms with E-state index in [2.05, 4.69) is 19.5 Å². The molecule has 2 aromatic heterocycles. The highest BCUT2D eigenvalue weighted by molar-refractivity contribution is 7.08. The number of nitrogens with zero attached hydrogens (tertiary/aromatic N) is 4. The standard InChI is InChI=1S/C17H23N5OS/c23-17(15-5-6-19-24-15)22-9-3-4-13(12-22)16-14(10-18-20-16)11-21-7-1-2-8-21/h5-6,10,13H,1-4,7-9,11-12H2,(H,18,20). The van der Waals surface area contributed by atoms with Crippen molar-refractivity contribution in [3.05, 3.63) is 34.6 Å². The van der Waals surface area contributed by atoms with Gasteiger partial charge in [-0.1, -0.05) is 0 Å². The fraction of sp³-hybridized carbons (Fsp3) is 0.588. The van der Waals surface area contributed by atoms with Gasteiger partial charge in [0.15, 0.2) is 0 Å². The van der Waals surface area contributed by atoms with Gasteiger partial charge in [-0.05, 0) is 56.4 Å². The third-order valence-electron chi connectivity index (χ3n) is 5.11. The van der Waals surface area contributed by atoms with Gasteiger partial charge in [0, 0.05) is 43.0 Å². The SMILES string of the molecule is O=C(c1ccns1)N1CCCC(c2[nH]ncc2CN2CCCC2)C1. The third-order valence-corrected chi connectivity index (χ3v) is 5.84. The molecule has 4 heterocycles. The molecule has 2 aliphatic rings. The number of amides is 1. The normalized spacial score (nSPS) is 22.2. The molecule has 128 valence electrons. The molecule has 0 saturated carbocycles. The Bertz CT molecular complexity index is 677. The molecule has 0 aromatic carbocycles. The molecule has 2 fully saturated rings. The van der Waals surface area contributed by atoms with Gasteiger partial charge in [0.05, 0.1) is 6.20 Å². The van der Waals surface area contributed by atoms with Crippen LogP contribution in [0, 0.1) is 0 Å². The number of aromatic nitrogens is 3. The average Bonchev–Trinajstić information content (AvgIpc) is 3.37. The van der Waals surface area contributed by atoms with Gasteiger partial charge in [-0.3, -0.25) is 14.8 Å². The average molecular weight is 345 g/mol. The van der Waals surface area contributed by atoms with Gasteiger partial charge in [0.1, 0.15) is 4.88 Å². The molecule has 4 rings (SSSR count). The lowest BCUT2D eigenvalue weighted by Gasteiger charge is -2.32. The van der Waals surface area contributed by atoms with Crippen LogP contribution in [0.4, 0.5) is 0 Å². The molecule has 1 unspecified atom stereocenters. The van der Waals surface area contributed by atoms with Crippen LogP contribution in [-0.2, 0) is 6.54 Å². The van der Waals surface area contributed by atoms with Gasteiger partial charge >= 0.3 is 0 Å². The Kier molecular flexibility index (Phi) is 4.62. The van der Waals surface area contributed by atoms with Gasteiger partial charge in [-0.25, -0.2) is 4.37 Å². The van der Waals surface area contributed by atoms with Crippen LogP contribution in [0.15, 0.2) is 18.5 Å². The van der Waals surface area contributed by atoms with Crippen molar-refractivity contribution in [3.8, 4) is 0 Å². The number of carbonyl (C=O) groups excluding carboxylic acids is 1. The molecule has 0 bridgehead atoms. The summed E-state index contributed by atoms with van der Waals surface area (Å²) in [5.74, 6) is 0.471. The molecule has 2 aliphatic heterocycles. The highest BCUT2D eigenvalue weighted by Gasteiger charge is 2.29. The van der Waals surface area contributed by atoms with E-state index in [4.69, 9.17) is 0 Å². The number of rotatable bonds is 4. The van der Waals surface area contributed by atoms with Crippen LogP contribution in [0.25, 0.3) is 0 Å². The lowest BCUT2D eigenvalue weighted by molar-refractivity contribution is 0.0710. The van der Waals surface area contributed by atoms with Crippen LogP contribution in [0.2, 0.25) is 0 Å². The van der Waals surface area contributed by atoms with Crippen LogP contribution >= 0.6 is 11.5 Å². The molecular weight excluding hydrogens is 322 g/mol. The minimum Gasteiger partial charge on any atom is -0.337 e. The predicted octanol–water partition coefficient (Wildman–Crippen LogP) is 2.48. The Hall–Kier alpha value is -1.73. The summed E-state index contributed by atoms with van der Waals surface area (Å²) in [6.45, 7) is 4.95. The fourth-order valence-corrected chi connectivity index (χ4v) is 4.43. The molecule has 6 nitrogen and oxygen atoms in total. The molecular formula is C17H23N5OS. The molecule has 7 heteroatoms. The first-order valence-corrected chi connectivity index (χ1v) is 9.53. The van der Waals surface area contributed by atoms with E-state index in [0.717, 1.165) is 37.4 Å². The summed E-state index contributed by atoms with van der Waals surface area (Å²) in [7, 11) is 0. The highest BCUT2D eigenvalue weighted by atomic mass is 32.1. The van der Waals surface area contributed by atoms with Crippen molar-refractivity contribution in [2.75, 3.05) is 26.2 Å². The van der Waals surface area contributed by atoms with Gasteiger partial charge in [0.2, 0.25) is 0 Å². The zero-order valence-electron chi connectivity index (χ0n) is 13.8. The summed E-state index contributed by atoms with van der Waals surface area (Å²) in [5.41, 5.74) is 2.53. The Morgan fingerprint density at radius 3 is 2.96 bits per heavy atom. The van der Waals surface area contributed by atoms with Crippen LogP contribution < -0.4 is 0 Å². The summed E-state index contributed by atoms with van der Waals surface area (Å²) < 4.78 is 4.05. The lowest BCUT2D eigenvalue weighted by Crippen LogP contribution is -2.39. The van der Waals surface area contributed by atoms with Crippen molar-refractivity contribution < 1.29 is 4.79 Å². The van der Waals surface area contributed by atoms with Gasteiger partial charge in [0.25, 0.3) is 5.91 Å². The zero-order valence-corrected chi connectivity index (χ0v) is 14.6. The number of piperidine rings is 1. The van der Waals surface area contributed by atoms with E-state index in [1.165, 1.54) is 48.7 Å². The molecule has 1 N–H and O–H groups in total. The van der Waals surface area contributed by atoms with Crippen LogP contribution in [0.5, 0.6) is 0 Å². The second kappa shape index (κ2) is 7.03. The number of hydrogen-bond acceptors (Lipinski definition) is 5. The summed E-state index contributed by atoms with van der Waals surface area (Å²) in [6, 6.07) is 1.81. The van der Waals surface area contributed by atoms with Crippen molar-refractivity contribution in [1.82, 2.24) is 24.4 Å². The van der Waals surface area contributed by atoms with E-state index < -0.39 is 0 Å². The summed E-state index contributed by atoms with van der Waals surface area (Å²) in [4.78, 5) is 17.8. The smallest absolute Gasteiger partial charge is 0.265 e. The largest absolute Gasteiger partial charge is 0.337 e. The minimum atomic E-state index is 0.114. The van der Waals surface area contributed by atoms with E-state index >= 15 is 0 Å². The number of likely N-dealkylation sites (tertiary alicyclic amines) is 2. The van der Waals surface area contributed by atoms with E-state index in [-0.39, 0.29) is 5.91 Å². The first-order chi connectivity index (χ1) is 11.8. The lowest BCUT2D eigenvalue weighted by atomic mass is 9.92. The predicted molar refractivity (Wildman–Crippen MR) is 93.1 cm³/mol. The maximum absolute atomic E-state index is 12.6. The summed E-state index contributed by atoms with van der Waals surface area (Å²) >= 11 is 1.28. The molecule has 0 radical (unpaired) electrons. The second-order valence-corrected chi connectivity index (χ2v) is 7.59. The van der Waals surface area contributed by atoms with Crippen molar-refractivity contribution in [1.29, 1.82) is 0 Å². The Morgan fingerprint density at radius 2 is 2.17 bits per heavy atom. The van der Waals surface area contributed by atoms with E-state index in [1.54, 1.807) is 6.20 Å². The fourth-order valence-electron chi connectivity index (χ4n) is 3.86. The Labute approximate surface area is 146 Å². The van der Waals surface area contributed by atoms with Gasteiger partial charge < -0.3 is 4.90 Å². The molecule has 24 heavy (non-hydrogen) atoms. The van der Waals surface area contributed by atoms with Crippen molar-refractivity contribution in [3.63, 3.8) is 0 Å². The van der Waals surface area contributed by atoms with Gasteiger partial charge in [-0.2, -0.15) is 5.10 Å². The van der Waals surface area contributed by atoms with E-state index in [9.17, 15) is 4.79 Å². The summed E-state index contributed by atoms with van der Waals surface area (Å²) in [5, 5.41) is 7.52. The minimum absolute atomic E-state index is 0.114. The molecule has 1 atom stereocenters. The Balaban J connectivity index is 1.46. The number of aromatic amines is 1. The zero-order chi connectivity index (χ0) is 16.4. The highest BCUT2D eigenvalue weighted by Crippen LogP contribution is 2.30. The van der Waals surface area contributed by atoms with E-state index in [0.29, 0.717) is 5.92 Å². The monoisotopic (exact) mass is 345 g/mol. The van der Waals surface area contributed by atoms with Crippen LogP contribution in [0.3, 0.4) is 0 Å². The molecule has 0 spiro atoms. The van der Waals surface area contributed by atoms with E-state index in [1.807, 2.05) is 17.2 Å². The number of H-pyrrole nitrogens is 1. The third kappa shape index (κ3) is 3.23. The Morgan fingerprint density at radius 1 is 1.29 bits per heavy atom. The first-order valence-electron chi connectivity index (χ1n) is 8.75. The molecule has 0 aliphatic carbocycles. The quantitative estimate of drug-likeness (QED) is 0.924. The molecule has 2 aromatic rings. The summed E-state index contributed by atoms with van der Waals surface area (Å²) in [6.07, 6.45) is 8.42. The first kappa shape index (κ1) is 15.8. The number of hydrogen-bond donors (Lipinski definition) is 1. The van der Waals surface area contributed by atoms with Crippen molar-refractivity contribution >= 4 is 17.4 Å². The van der Waals surface area contributed by atoms with Crippen LogP contribution in [0.1, 0.15) is 52.5 Å². The van der Waals surface area contributed by atoms with Crippen LogP contribution in [-0.4, -0.2) is 56.5 Å². The number of carbonyl (C=O) groups is 1. The molecule has 2 saturated heterocycles. The van der Waals surface area contributed by atoms with Crippen molar-refractivity contribution in [2.45, 2.75) is 38.1 Å². The number of nitrogens with one attached hydrogen (secondary N) is 1.